The Labute approximate surface area is 123 Å². The first-order chi connectivity index (χ1) is 10.1. The third kappa shape index (κ3) is 3.89. The fraction of sp³-hybridized carbons (Fsp3) is 0.188. The van der Waals surface area contributed by atoms with Crippen LogP contribution in [0, 0.1) is 0 Å². The van der Waals surface area contributed by atoms with Crippen molar-refractivity contribution in [3.05, 3.63) is 53.6 Å². The van der Waals surface area contributed by atoms with Crippen molar-refractivity contribution in [1.29, 1.82) is 0 Å². The van der Waals surface area contributed by atoms with Crippen LogP contribution in [0.3, 0.4) is 0 Å². The Bertz CT molecular complexity index is 600. The molecule has 0 radical (unpaired) electrons. The lowest BCUT2D eigenvalue weighted by Crippen LogP contribution is -2.01. The Morgan fingerprint density at radius 2 is 1.62 bits per heavy atom. The van der Waals surface area contributed by atoms with Gasteiger partial charge in [0.2, 0.25) is 0 Å². The van der Waals surface area contributed by atoms with Gasteiger partial charge in [-0.2, -0.15) is 0 Å². The molecule has 0 fully saturated rings. The van der Waals surface area contributed by atoms with E-state index in [0.29, 0.717) is 18.0 Å². The Morgan fingerprint density at radius 1 is 1.05 bits per heavy atom. The van der Waals surface area contributed by atoms with E-state index in [4.69, 9.17) is 14.6 Å². The molecule has 2 N–H and O–H groups in total. The minimum atomic E-state index is -0.924. The van der Waals surface area contributed by atoms with Crippen molar-refractivity contribution in [3.63, 3.8) is 0 Å². The van der Waals surface area contributed by atoms with Crippen LogP contribution in [-0.2, 0) is 6.54 Å². The number of aromatic carboxylic acids is 1. The Morgan fingerprint density at radius 3 is 2.10 bits per heavy atom. The molecule has 0 saturated carbocycles. The predicted octanol–water partition coefficient (Wildman–Crippen LogP) is 3.01. The van der Waals surface area contributed by atoms with E-state index in [1.807, 2.05) is 12.1 Å². The minimum absolute atomic E-state index is 0.279. The zero-order chi connectivity index (χ0) is 15.2. The number of carboxylic acid groups (broad SMARTS) is 1. The van der Waals surface area contributed by atoms with Gasteiger partial charge in [-0.3, -0.25) is 0 Å². The fourth-order valence-corrected chi connectivity index (χ4v) is 1.88. The van der Waals surface area contributed by atoms with E-state index in [9.17, 15) is 4.79 Å². The van der Waals surface area contributed by atoms with Crippen LogP contribution in [0.1, 0.15) is 15.9 Å². The van der Waals surface area contributed by atoms with Crippen molar-refractivity contribution < 1.29 is 19.4 Å². The van der Waals surface area contributed by atoms with E-state index >= 15 is 0 Å². The zero-order valence-electron chi connectivity index (χ0n) is 11.9. The molecular formula is C16H17NO4. The summed E-state index contributed by atoms with van der Waals surface area (Å²) in [7, 11) is 3.20. The highest BCUT2D eigenvalue weighted by Crippen LogP contribution is 2.26. The van der Waals surface area contributed by atoms with Crippen LogP contribution in [0.5, 0.6) is 11.5 Å². The molecule has 0 atom stereocenters. The average molecular weight is 287 g/mol. The standard InChI is InChI=1S/C16H17NO4/c1-20-14-7-13(8-15(9-14)21-2)17-10-11-3-5-12(6-4-11)16(18)19/h3-9,17H,10H2,1-2H3,(H,18,19). The molecule has 5 nitrogen and oxygen atoms in total. The molecule has 0 heterocycles. The van der Waals surface area contributed by atoms with Crippen molar-refractivity contribution in [3.8, 4) is 11.5 Å². The SMILES string of the molecule is COc1cc(NCc2ccc(C(=O)O)cc2)cc(OC)c1. The molecule has 0 saturated heterocycles. The predicted molar refractivity (Wildman–Crippen MR) is 80.3 cm³/mol. The van der Waals surface area contributed by atoms with Gasteiger partial charge in [-0.1, -0.05) is 12.1 Å². The topological polar surface area (TPSA) is 67.8 Å². The number of nitrogens with one attached hydrogen (secondary N) is 1. The van der Waals surface area contributed by atoms with Gasteiger partial charge in [-0.25, -0.2) is 4.79 Å². The molecule has 5 heteroatoms. The highest BCUT2D eigenvalue weighted by atomic mass is 16.5. The molecule has 0 aliphatic rings. The summed E-state index contributed by atoms with van der Waals surface area (Å²) < 4.78 is 10.4. The number of rotatable bonds is 6. The number of anilines is 1. The Balaban J connectivity index is 2.06. The van der Waals surface area contributed by atoms with Crippen LogP contribution in [0.4, 0.5) is 5.69 Å². The van der Waals surface area contributed by atoms with Crippen molar-refractivity contribution in [1.82, 2.24) is 0 Å². The van der Waals surface area contributed by atoms with Gasteiger partial charge in [0.15, 0.2) is 0 Å². The molecule has 0 aliphatic carbocycles. The van der Waals surface area contributed by atoms with Gasteiger partial charge in [0, 0.05) is 30.4 Å². The van der Waals surface area contributed by atoms with Gasteiger partial charge in [0.05, 0.1) is 19.8 Å². The third-order valence-electron chi connectivity index (χ3n) is 3.05. The Hall–Kier alpha value is -2.69. The van der Waals surface area contributed by atoms with Crippen LogP contribution in [0.15, 0.2) is 42.5 Å². The summed E-state index contributed by atoms with van der Waals surface area (Å²) in [5.41, 5.74) is 2.14. The quantitative estimate of drug-likeness (QED) is 0.854. The van der Waals surface area contributed by atoms with Gasteiger partial charge in [-0.05, 0) is 17.7 Å². The van der Waals surface area contributed by atoms with Crippen molar-refractivity contribution in [2.24, 2.45) is 0 Å². The van der Waals surface area contributed by atoms with E-state index in [-0.39, 0.29) is 5.56 Å². The molecule has 2 rings (SSSR count). The molecule has 21 heavy (non-hydrogen) atoms. The van der Waals surface area contributed by atoms with Crippen LogP contribution in [-0.4, -0.2) is 25.3 Å². The second-order valence-corrected chi connectivity index (χ2v) is 4.46. The zero-order valence-corrected chi connectivity index (χ0v) is 11.9. The van der Waals surface area contributed by atoms with Gasteiger partial charge in [-0.15, -0.1) is 0 Å². The summed E-state index contributed by atoms with van der Waals surface area (Å²) in [6.45, 7) is 0.580. The number of carbonyl (C=O) groups is 1. The highest BCUT2D eigenvalue weighted by Gasteiger charge is 2.03. The van der Waals surface area contributed by atoms with Crippen molar-refractivity contribution >= 4 is 11.7 Å². The van der Waals surface area contributed by atoms with Gasteiger partial charge in [0.1, 0.15) is 11.5 Å². The van der Waals surface area contributed by atoms with Crippen LogP contribution in [0.25, 0.3) is 0 Å². The van der Waals surface area contributed by atoms with E-state index in [1.165, 1.54) is 0 Å². The van der Waals surface area contributed by atoms with Crippen LogP contribution >= 0.6 is 0 Å². The summed E-state index contributed by atoms with van der Waals surface area (Å²) >= 11 is 0. The molecule has 2 aromatic carbocycles. The molecule has 2 aromatic rings. The maximum absolute atomic E-state index is 10.8. The maximum Gasteiger partial charge on any atom is 0.335 e. The minimum Gasteiger partial charge on any atom is -0.497 e. The van der Waals surface area contributed by atoms with E-state index in [2.05, 4.69) is 5.32 Å². The summed E-state index contributed by atoms with van der Waals surface area (Å²) in [6, 6.07) is 12.3. The number of hydrogen-bond acceptors (Lipinski definition) is 4. The normalized spacial score (nSPS) is 10.0. The van der Waals surface area contributed by atoms with E-state index < -0.39 is 5.97 Å². The molecule has 110 valence electrons. The number of ether oxygens (including phenoxy) is 2. The smallest absolute Gasteiger partial charge is 0.335 e. The van der Waals surface area contributed by atoms with Gasteiger partial charge in [0.25, 0.3) is 0 Å². The Kier molecular flexibility index (Phi) is 4.66. The second-order valence-electron chi connectivity index (χ2n) is 4.46. The highest BCUT2D eigenvalue weighted by molar-refractivity contribution is 5.87. The largest absolute Gasteiger partial charge is 0.497 e. The molecule has 0 spiro atoms. The van der Waals surface area contributed by atoms with Gasteiger partial charge >= 0.3 is 5.97 Å². The lowest BCUT2D eigenvalue weighted by Gasteiger charge is -2.11. The molecule has 0 bridgehead atoms. The molecule has 0 unspecified atom stereocenters. The van der Waals surface area contributed by atoms with Crippen LogP contribution in [0.2, 0.25) is 0 Å². The summed E-state index contributed by atoms with van der Waals surface area (Å²) in [5.74, 6) is 0.489. The van der Waals surface area contributed by atoms with Gasteiger partial charge < -0.3 is 19.9 Å². The lowest BCUT2D eigenvalue weighted by atomic mass is 10.1. The first kappa shape index (κ1) is 14.7. The van der Waals surface area contributed by atoms with E-state index in [1.54, 1.807) is 44.6 Å². The second kappa shape index (κ2) is 6.65. The molecule has 0 amide bonds. The van der Waals surface area contributed by atoms with E-state index in [0.717, 1.165) is 11.3 Å². The van der Waals surface area contributed by atoms with Crippen molar-refractivity contribution in [2.45, 2.75) is 6.54 Å². The summed E-state index contributed by atoms with van der Waals surface area (Å²) in [4.78, 5) is 10.8. The number of benzene rings is 2. The fourth-order valence-electron chi connectivity index (χ4n) is 1.88. The lowest BCUT2D eigenvalue weighted by molar-refractivity contribution is 0.0697. The molecule has 0 aliphatic heterocycles. The number of methoxy groups -OCH3 is 2. The summed E-state index contributed by atoms with van der Waals surface area (Å²) in [6.07, 6.45) is 0. The number of hydrogen-bond donors (Lipinski definition) is 2. The molecule has 0 aromatic heterocycles. The first-order valence-corrected chi connectivity index (χ1v) is 6.41. The maximum atomic E-state index is 10.8. The first-order valence-electron chi connectivity index (χ1n) is 6.41. The number of carboxylic acids is 1. The molecular weight excluding hydrogens is 270 g/mol. The van der Waals surface area contributed by atoms with Crippen LogP contribution < -0.4 is 14.8 Å². The monoisotopic (exact) mass is 287 g/mol. The average Bonchev–Trinajstić information content (AvgIpc) is 2.52. The third-order valence-corrected chi connectivity index (χ3v) is 3.05. The van der Waals surface area contributed by atoms with Crippen molar-refractivity contribution in [2.75, 3.05) is 19.5 Å². The summed E-state index contributed by atoms with van der Waals surface area (Å²) in [5, 5.41) is 12.1.